The molecule has 15 heavy (non-hydrogen) atoms. The van der Waals surface area contributed by atoms with Crippen molar-refractivity contribution in [1.82, 2.24) is 9.78 Å². The highest BCUT2D eigenvalue weighted by atomic mass is 16.5. The molecule has 1 aliphatic rings. The lowest BCUT2D eigenvalue weighted by Crippen LogP contribution is -2.22. The monoisotopic (exact) mass is 211 g/mol. The van der Waals surface area contributed by atoms with Crippen molar-refractivity contribution in [2.75, 3.05) is 26.9 Å². The van der Waals surface area contributed by atoms with E-state index in [1.165, 1.54) is 5.56 Å². The zero-order chi connectivity index (χ0) is 10.7. The Morgan fingerprint density at radius 3 is 3.33 bits per heavy atom. The van der Waals surface area contributed by atoms with Crippen LogP contribution in [0, 0.1) is 0 Å². The van der Waals surface area contributed by atoms with E-state index in [4.69, 9.17) is 15.2 Å². The average molecular weight is 211 g/mol. The normalized spacial score (nSPS) is 20.3. The van der Waals surface area contributed by atoms with Crippen LogP contribution in [0.4, 0.5) is 0 Å². The number of hydrogen-bond acceptors (Lipinski definition) is 4. The number of methoxy groups -OCH3 is 1. The summed E-state index contributed by atoms with van der Waals surface area (Å²) in [5, 5.41) is 4.47. The van der Waals surface area contributed by atoms with Gasteiger partial charge in [0.15, 0.2) is 0 Å². The predicted octanol–water partition coefficient (Wildman–Crippen LogP) is 0.102. The fourth-order valence-corrected chi connectivity index (χ4v) is 1.81. The van der Waals surface area contributed by atoms with Crippen LogP contribution in [0.1, 0.15) is 17.4 Å². The van der Waals surface area contributed by atoms with Gasteiger partial charge in [-0.1, -0.05) is 0 Å². The number of rotatable bonds is 4. The highest BCUT2D eigenvalue weighted by Gasteiger charge is 2.23. The van der Waals surface area contributed by atoms with Gasteiger partial charge in [0.05, 0.1) is 25.5 Å². The van der Waals surface area contributed by atoms with E-state index in [0.717, 1.165) is 25.3 Å². The third-order valence-corrected chi connectivity index (χ3v) is 2.60. The Bertz CT molecular complexity index is 324. The van der Waals surface area contributed by atoms with Gasteiger partial charge in [-0.25, -0.2) is 0 Å². The molecule has 0 unspecified atom stereocenters. The molecular formula is C10H17N3O2. The van der Waals surface area contributed by atoms with Gasteiger partial charge in [0.25, 0.3) is 0 Å². The Hall–Kier alpha value is -0.910. The van der Waals surface area contributed by atoms with Gasteiger partial charge in [0.1, 0.15) is 6.10 Å². The summed E-state index contributed by atoms with van der Waals surface area (Å²) >= 11 is 0. The number of hydrogen-bond donors (Lipinski definition) is 1. The van der Waals surface area contributed by atoms with Crippen molar-refractivity contribution in [2.45, 2.75) is 19.1 Å². The Labute approximate surface area is 89.2 Å². The number of nitrogens with zero attached hydrogens (tertiary/aromatic N) is 2. The second-order valence-electron chi connectivity index (χ2n) is 3.64. The second kappa shape index (κ2) is 4.74. The summed E-state index contributed by atoms with van der Waals surface area (Å²) in [6.45, 7) is 2.69. The maximum absolute atomic E-state index is 5.63. The second-order valence-corrected chi connectivity index (χ2v) is 3.64. The minimum Gasteiger partial charge on any atom is -0.383 e. The van der Waals surface area contributed by atoms with Gasteiger partial charge in [0.2, 0.25) is 0 Å². The third-order valence-electron chi connectivity index (χ3n) is 2.60. The number of fused-ring (bicyclic) bond motifs is 1. The SMILES string of the molecule is COCCn1cc2c(n1)[C@H](CN)OCC2. The number of nitrogens with two attached hydrogens (primary N) is 1. The van der Waals surface area contributed by atoms with E-state index in [2.05, 4.69) is 11.3 Å². The zero-order valence-electron chi connectivity index (χ0n) is 8.98. The predicted molar refractivity (Wildman–Crippen MR) is 55.6 cm³/mol. The van der Waals surface area contributed by atoms with Crippen molar-refractivity contribution in [3.05, 3.63) is 17.5 Å². The maximum atomic E-state index is 5.63. The van der Waals surface area contributed by atoms with Crippen molar-refractivity contribution in [3.63, 3.8) is 0 Å². The van der Waals surface area contributed by atoms with Crippen molar-refractivity contribution >= 4 is 0 Å². The summed E-state index contributed by atoms with van der Waals surface area (Å²) in [5.74, 6) is 0. The van der Waals surface area contributed by atoms with Crippen LogP contribution in [0.5, 0.6) is 0 Å². The molecule has 2 N–H and O–H groups in total. The first kappa shape index (κ1) is 10.6. The summed E-state index contributed by atoms with van der Waals surface area (Å²) in [4.78, 5) is 0. The number of ether oxygens (including phenoxy) is 2. The summed E-state index contributed by atoms with van der Waals surface area (Å²) in [6, 6.07) is 0. The van der Waals surface area contributed by atoms with Crippen LogP contribution in [-0.4, -0.2) is 36.6 Å². The quantitative estimate of drug-likeness (QED) is 0.767. The molecule has 0 radical (unpaired) electrons. The first-order valence-corrected chi connectivity index (χ1v) is 5.22. The molecule has 1 aromatic heterocycles. The van der Waals surface area contributed by atoms with E-state index in [1.54, 1.807) is 7.11 Å². The zero-order valence-corrected chi connectivity index (χ0v) is 8.98. The van der Waals surface area contributed by atoms with E-state index >= 15 is 0 Å². The summed E-state index contributed by atoms with van der Waals surface area (Å²) < 4.78 is 12.5. The molecule has 5 heteroatoms. The summed E-state index contributed by atoms with van der Waals surface area (Å²) in [7, 11) is 1.69. The fraction of sp³-hybridized carbons (Fsp3) is 0.700. The van der Waals surface area contributed by atoms with Gasteiger partial charge in [0, 0.05) is 19.9 Å². The maximum Gasteiger partial charge on any atom is 0.114 e. The van der Waals surface area contributed by atoms with Crippen molar-refractivity contribution in [2.24, 2.45) is 5.73 Å². The van der Waals surface area contributed by atoms with Crippen molar-refractivity contribution < 1.29 is 9.47 Å². The topological polar surface area (TPSA) is 62.3 Å². The average Bonchev–Trinajstić information content (AvgIpc) is 2.68. The highest BCUT2D eigenvalue weighted by molar-refractivity contribution is 5.22. The Kier molecular flexibility index (Phi) is 3.35. The lowest BCUT2D eigenvalue weighted by molar-refractivity contribution is 0.0453. The van der Waals surface area contributed by atoms with E-state index in [-0.39, 0.29) is 6.10 Å². The van der Waals surface area contributed by atoms with E-state index in [1.807, 2.05) is 4.68 Å². The molecule has 84 valence electrons. The lowest BCUT2D eigenvalue weighted by atomic mass is 10.1. The van der Waals surface area contributed by atoms with Crippen molar-refractivity contribution in [1.29, 1.82) is 0 Å². The van der Waals surface area contributed by atoms with Gasteiger partial charge in [-0.15, -0.1) is 0 Å². The van der Waals surface area contributed by atoms with E-state index in [0.29, 0.717) is 13.2 Å². The highest BCUT2D eigenvalue weighted by Crippen LogP contribution is 2.24. The van der Waals surface area contributed by atoms with Crippen LogP contribution in [0.3, 0.4) is 0 Å². The number of aromatic nitrogens is 2. The molecule has 0 bridgehead atoms. The van der Waals surface area contributed by atoms with Gasteiger partial charge >= 0.3 is 0 Å². The van der Waals surface area contributed by atoms with Gasteiger partial charge < -0.3 is 15.2 Å². The van der Waals surface area contributed by atoms with E-state index < -0.39 is 0 Å². The van der Waals surface area contributed by atoms with Gasteiger partial charge in [-0.2, -0.15) is 5.10 Å². The Morgan fingerprint density at radius 1 is 1.73 bits per heavy atom. The molecule has 0 aromatic carbocycles. The molecule has 0 spiro atoms. The molecule has 0 saturated carbocycles. The molecule has 0 fully saturated rings. The third kappa shape index (κ3) is 2.19. The Morgan fingerprint density at radius 2 is 2.60 bits per heavy atom. The van der Waals surface area contributed by atoms with Crippen LogP contribution in [0.2, 0.25) is 0 Å². The van der Waals surface area contributed by atoms with E-state index in [9.17, 15) is 0 Å². The standard InChI is InChI=1S/C10H17N3O2/c1-14-5-3-13-7-8-2-4-15-9(6-11)10(8)12-13/h7,9H,2-6,11H2,1H3/t9-/m0/s1. The molecule has 5 nitrogen and oxygen atoms in total. The molecule has 0 amide bonds. The largest absolute Gasteiger partial charge is 0.383 e. The Balaban J connectivity index is 2.14. The molecule has 2 rings (SSSR count). The molecule has 2 heterocycles. The van der Waals surface area contributed by atoms with Gasteiger partial charge in [-0.3, -0.25) is 4.68 Å². The minimum absolute atomic E-state index is 0.0301. The van der Waals surface area contributed by atoms with Crippen LogP contribution < -0.4 is 5.73 Å². The van der Waals surface area contributed by atoms with Crippen LogP contribution in [0.15, 0.2) is 6.20 Å². The summed E-state index contributed by atoms with van der Waals surface area (Å²) in [6.07, 6.45) is 2.97. The van der Waals surface area contributed by atoms with Crippen molar-refractivity contribution in [3.8, 4) is 0 Å². The van der Waals surface area contributed by atoms with Gasteiger partial charge in [-0.05, 0) is 12.0 Å². The summed E-state index contributed by atoms with van der Waals surface area (Å²) in [5.41, 5.74) is 7.89. The first-order valence-electron chi connectivity index (χ1n) is 5.22. The molecule has 0 saturated heterocycles. The molecule has 0 aliphatic carbocycles. The fourth-order valence-electron chi connectivity index (χ4n) is 1.81. The smallest absolute Gasteiger partial charge is 0.114 e. The van der Waals surface area contributed by atoms with Crippen LogP contribution in [0.25, 0.3) is 0 Å². The molecular weight excluding hydrogens is 194 g/mol. The first-order chi connectivity index (χ1) is 7.35. The van der Waals surface area contributed by atoms with Crippen LogP contribution in [-0.2, 0) is 22.4 Å². The molecule has 1 atom stereocenters. The van der Waals surface area contributed by atoms with Crippen LogP contribution >= 0.6 is 0 Å². The minimum atomic E-state index is -0.0301. The molecule has 1 aliphatic heterocycles. The molecule has 1 aromatic rings. The lowest BCUT2D eigenvalue weighted by Gasteiger charge is -2.19.